The molecule has 0 bridgehead atoms. The molecule has 1 aliphatic heterocycles. The van der Waals surface area contributed by atoms with Crippen molar-refractivity contribution in [3.05, 3.63) is 35.8 Å². The van der Waals surface area contributed by atoms with Gasteiger partial charge in [-0.3, -0.25) is 4.79 Å². The third kappa shape index (κ3) is 4.90. The van der Waals surface area contributed by atoms with Crippen molar-refractivity contribution in [3.8, 4) is 0 Å². The number of hydrogen-bond acceptors (Lipinski definition) is 6. The zero-order valence-electron chi connectivity index (χ0n) is 16.0. The zero-order valence-corrected chi connectivity index (χ0v) is 16.0. The molecular weight excluding hydrogens is 354 g/mol. The highest BCUT2D eigenvalue weighted by atomic mass is 16.6. The van der Waals surface area contributed by atoms with E-state index in [0.29, 0.717) is 0 Å². The van der Waals surface area contributed by atoms with E-state index in [-0.39, 0.29) is 0 Å². The van der Waals surface area contributed by atoms with Crippen LogP contribution in [0.25, 0.3) is 0 Å². The minimum atomic E-state index is -1.99. The fourth-order valence-electron chi connectivity index (χ4n) is 2.74. The highest BCUT2D eigenvalue weighted by molar-refractivity contribution is 5.95. The number of amides is 1. The second kappa shape index (κ2) is 9.25. The molecular formula is C19H27NO7. The molecule has 0 spiro atoms. The summed E-state index contributed by atoms with van der Waals surface area (Å²) in [6.07, 6.45) is 7.51. The molecule has 8 nitrogen and oxygen atoms in total. The van der Waals surface area contributed by atoms with Crippen LogP contribution < -0.4 is 0 Å². The second-order valence-corrected chi connectivity index (χ2v) is 6.72. The van der Waals surface area contributed by atoms with E-state index in [1.54, 1.807) is 19.9 Å². The van der Waals surface area contributed by atoms with Gasteiger partial charge in [0, 0.05) is 25.5 Å². The summed E-state index contributed by atoms with van der Waals surface area (Å²) < 4.78 is 5.28. The van der Waals surface area contributed by atoms with Gasteiger partial charge in [-0.25, -0.2) is 9.59 Å². The highest BCUT2D eigenvalue weighted by Gasteiger charge is 2.51. The molecule has 3 N–H and O–H groups in total. The van der Waals surface area contributed by atoms with Crippen molar-refractivity contribution in [2.24, 2.45) is 5.92 Å². The topological polar surface area (TPSA) is 124 Å². The Hall–Kier alpha value is -2.77. The lowest BCUT2D eigenvalue weighted by Gasteiger charge is -2.36. The SMILES string of the molecule is CCC/C=C/C=C/C(=O)OC(CC1C(O)=C(O)C(=O)N1C)(C(=O)O)C(C)C. The van der Waals surface area contributed by atoms with E-state index < -0.39 is 53.3 Å². The second-order valence-electron chi connectivity index (χ2n) is 6.72. The summed E-state index contributed by atoms with van der Waals surface area (Å²) in [6, 6.07) is -1.11. The number of allylic oxidation sites excluding steroid dienone is 3. The predicted molar refractivity (Wildman–Crippen MR) is 97.9 cm³/mol. The fourth-order valence-corrected chi connectivity index (χ4v) is 2.74. The lowest BCUT2D eigenvalue weighted by molar-refractivity contribution is -0.184. The Bertz CT molecular complexity index is 678. The van der Waals surface area contributed by atoms with Gasteiger partial charge in [-0.05, 0) is 6.42 Å². The van der Waals surface area contributed by atoms with Crippen LogP contribution in [-0.4, -0.2) is 56.8 Å². The smallest absolute Gasteiger partial charge is 0.348 e. The van der Waals surface area contributed by atoms with Crippen molar-refractivity contribution in [2.45, 2.75) is 51.7 Å². The van der Waals surface area contributed by atoms with Crippen LogP contribution in [0.5, 0.6) is 0 Å². The third-order valence-corrected chi connectivity index (χ3v) is 4.56. The minimum Gasteiger partial charge on any atom is -0.506 e. The number of carbonyl (C=O) groups is 3. The number of ether oxygens (including phenoxy) is 1. The highest BCUT2D eigenvalue weighted by Crippen LogP contribution is 2.34. The number of carboxylic acids is 1. The number of nitrogens with zero attached hydrogens (tertiary/aromatic N) is 1. The van der Waals surface area contributed by atoms with Crippen molar-refractivity contribution in [2.75, 3.05) is 7.05 Å². The third-order valence-electron chi connectivity index (χ3n) is 4.56. The first-order chi connectivity index (χ1) is 12.6. The molecule has 8 heteroatoms. The van der Waals surface area contributed by atoms with Crippen LogP contribution in [0, 0.1) is 5.92 Å². The lowest BCUT2D eigenvalue weighted by atomic mass is 9.83. The number of esters is 1. The summed E-state index contributed by atoms with van der Waals surface area (Å²) in [5.74, 6) is -5.22. The first-order valence-corrected chi connectivity index (χ1v) is 8.77. The fraction of sp³-hybridized carbons (Fsp3) is 0.526. The quantitative estimate of drug-likeness (QED) is 0.318. The average molecular weight is 381 g/mol. The molecule has 0 fully saturated rings. The average Bonchev–Trinajstić information content (AvgIpc) is 2.78. The summed E-state index contributed by atoms with van der Waals surface area (Å²) in [4.78, 5) is 37.0. The number of likely N-dealkylation sites (N-methyl/N-ethyl adjacent to an activating group) is 1. The van der Waals surface area contributed by atoms with E-state index >= 15 is 0 Å². The van der Waals surface area contributed by atoms with E-state index in [0.717, 1.165) is 23.8 Å². The van der Waals surface area contributed by atoms with Crippen molar-refractivity contribution >= 4 is 17.8 Å². The lowest BCUT2D eigenvalue weighted by Crippen LogP contribution is -2.52. The summed E-state index contributed by atoms with van der Waals surface area (Å²) in [5, 5.41) is 29.4. The molecule has 0 aromatic carbocycles. The van der Waals surface area contributed by atoms with Gasteiger partial charge in [-0.2, -0.15) is 0 Å². The van der Waals surface area contributed by atoms with Gasteiger partial charge in [0.2, 0.25) is 11.4 Å². The number of carbonyl (C=O) groups excluding carboxylic acids is 2. The van der Waals surface area contributed by atoms with Gasteiger partial charge < -0.3 is 25.0 Å². The van der Waals surface area contributed by atoms with E-state index in [2.05, 4.69) is 0 Å². The molecule has 150 valence electrons. The Kier molecular flexibility index (Phi) is 7.63. The molecule has 0 aromatic rings. The van der Waals surface area contributed by atoms with Crippen molar-refractivity contribution in [1.82, 2.24) is 4.90 Å². The molecule has 2 atom stereocenters. The molecule has 2 unspecified atom stereocenters. The molecule has 1 heterocycles. The van der Waals surface area contributed by atoms with Crippen LogP contribution in [0.1, 0.15) is 40.0 Å². The molecule has 27 heavy (non-hydrogen) atoms. The van der Waals surface area contributed by atoms with Crippen LogP contribution in [0.3, 0.4) is 0 Å². The van der Waals surface area contributed by atoms with Gasteiger partial charge >= 0.3 is 11.9 Å². The molecule has 1 amide bonds. The van der Waals surface area contributed by atoms with E-state index in [4.69, 9.17) is 4.74 Å². The minimum absolute atomic E-state index is 0.399. The normalized spacial score (nSPS) is 20.1. The largest absolute Gasteiger partial charge is 0.506 e. The first-order valence-electron chi connectivity index (χ1n) is 8.77. The Morgan fingerprint density at radius 3 is 2.37 bits per heavy atom. The Morgan fingerprint density at radius 1 is 1.30 bits per heavy atom. The van der Waals surface area contributed by atoms with E-state index in [1.165, 1.54) is 13.1 Å². The van der Waals surface area contributed by atoms with Crippen LogP contribution >= 0.6 is 0 Å². The van der Waals surface area contributed by atoms with Gasteiger partial charge in [0.1, 0.15) is 0 Å². The molecule has 0 saturated carbocycles. The molecule has 1 rings (SSSR count). The number of aliphatic hydroxyl groups excluding tert-OH is 2. The maximum atomic E-state index is 12.2. The standard InChI is InChI=1S/C19H27NO7/c1-5-6-7-8-9-10-14(21)27-19(12(2)3,18(25)26)11-13-15(22)16(23)17(24)20(13)4/h7-10,12-13,22-23H,5-6,11H2,1-4H3,(H,25,26)/b8-7+,10-9+. The van der Waals surface area contributed by atoms with E-state index in [1.807, 2.05) is 13.0 Å². The first kappa shape index (κ1) is 22.3. The Morgan fingerprint density at radius 2 is 1.93 bits per heavy atom. The van der Waals surface area contributed by atoms with Crippen molar-refractivity contribution < 1.29 is 34.4 Å². The van der Waals surface area contributed by atoms with Gasteiger partial charge in [0.05, 0.1) is 6.04 Å². The molecule has 0 aromatic heterocycles. The number of aliphatic carboxylic acids is 1. The summed E-state index contributed by atoms with van der Waals surface area (Å²) in [6.45, 7) is 5.13. The predicted octanol–water partition coefficient (Wildman–Crippen LogP) is 2.48. The van der Waals surface area contributed by atoms with E-state index in [9.17, 15) is 29.7 Å². The monoisotopic (exact) mass is 381 g/mol. The number of carboxylic acid groups (broad SMARTS) is 1. The van der Waals surface area contributed by atoms with Gasteiger partial charge in [-0.15, -0.1) is 0 Å². The number of aliphatic hydroxyl groups is 2. The summed E-state index contributed by atoms with van der Waals surface area (Å²) >= 11 is 0. The summed E-state index contributed by atoms with van der Waals surface area (Å²) in [5.41, 5.74) is -1.99. The van der Waals surface area contributed by atoms with Crippen LogP contribution in [-0.2, 0) is 19.1 Å². The van der Waals surface area contributed by atoms with Gasteiger partial charge in [-0.1, -0.05) is 45.4 Å². The van der Waals surface area contributed by atoms with Crippen molar-refractivity contribution in [1.29, 1.82) is 0 Å². The Labute approximate surface area is 158 Å². The maximum absolute atomic E-state index is 12.2. The van der Waals surface area contributed by atoms with Gasteiger partial charge in [0.15, 0.2) is 5.76 Å². The molecule has 0 aliphatic carbocycles. The van der Waals surface area contributed by atoms with Crippen molar-refractivity contribution in [3.63, 3.8) is 0 Å². The zero-order chi connectivity index (χ0) is 20.8. The molecule has 0 saturated heterocycles. The summed E-state index contributed by atoms with van der Waals surface area (Å²) in [7, 11) is 1.32. The number of unbranched alkanes of at least 4 members (excludes halogenated alkanes) is 1. The maximum Gasteiger partial charge on any atom is 0.348 e. The number of hydrogen-bond donors (Lipinski definition) is 3. The van der Waals surface area contributed by atoms with Gasteiger partial charge in [0.25, 0.3) is 5.91 Å². The van der Waals surface area contributed by atoms with Crippen LogP contribution in [0.2, 0.25) is 0 Å². The Balaban J connectivity index is 3.08. The molecule has 1 aliphatic rings. The molecule has 0 radical (unpaired) electrons. The van der Waals surface area contributed by atoms with Crippen LogP contribution in [0.4, 0.5) is 0 Å². The van der Waals surface area contributed by atoms with Crippen LogP contribution in [0.15, 0.2) is 35.8 Å². The number of rotatable bonds is 9.